The molecule has 5 nitrogen and oxygen atoms in total. The van der Waals surface area contributed by atoms with Gasteiger partial charge in [-0.3, -0.25) is 9.89 Å². The predicted molar refractivity (Wildman–Crippen MR) is 125 cm³/mol. The average Bonchev–Trinajstić information content (AvgIpc) is 3.09. The number of halogens is 1. The summed E-state index contributed by atoms with van der Waals surface area (Å²) < 4.78 is 0. The van der Waals surface area contributed by atoms with Gasteiger partial charge in [-0.15, -0.1) is 35.3 Å². The van der Waals surface area contributed by atoms with Gasteiger partial charge in [-0.25, -0.2) is 4.98 Å². The summed E-state index contributed by atoms with van der Waals surface area (Å²) in [4.78, 5) is 12.4. The van der Waals surface area contributed by atoms with E-state index in [-0.39, 0.29) is 24.0 Å². The first kappa shape index (κ1) is 22.1. The van der Waals surface area contributed by atoms with Gasteiger partial charge in [0.2, 0.25) is 0 Å². The molecule has 0 unspecified atom stereocenters. The van der Waals surface area contributed by atoms with E-state index in [1.165, 1.54) is 48.4 Å². The molecule has 3 rings (SSSR count). The van der Waals surface area contributed by atoms with Crippen molar-refractivity contribution in [3.05, 3.63) is 51.5 Å². The molecule has 1 aromatic carbocycles. The third-order valence-electron chi connectivity index (χ3n) is 4.82. The first-order valence-corrected chi connectivity index (χ1v) is 10.3. The number of hydrogen-bond acceptors (Lipinski definition) is 4. The van der Waals surface area contributed by atoms with Crippen LogP contribution in [0.4, 0.5) is 0 Å². The van der Waals surface area contributed by atoms with Gasteiger partial charge >= 0.3 is 0 Å². The highest BCUT2D eigenvalue weighted by Crippen LogP contribution is 2.14. The van der Waals surface area contributed by atoms with Crippen LogP contribution in [0.2, 0.25) is 0 Å². The van der Waals surface area contributed by atoms with Gasteiger partial charge in [0.25, 0.3) is 0 Å². The van der Waals surface area contributed by atoms with Crippen molar-refractivity contribution >= 4 is 41.3 Å². The Morgan fingerprint density at radius 1 is 1.07 bits per heavy atom. The maximum atomic E-state index is 4.30. The number of aromatic nitrogens is 1. The molecule has 1 aliphatic heterocycles. The fourth-order valence-corrected chi connectivity index (χ4v) is 3.92. The molecule has 7 heteroatoms. The lowest BCUT2D eigenvalue weighted by Crippen LogP contribution is -2.36. The molecular weight excluding hydrogens is 469 g/mol. The van der Waals surface area contributed by atoms with E-state index >= 15 is 0 Å². The highest BCUT2D eigenvalue weighted by molar-refractivity contribution is 14.0. The lowest BCUT2D eigenvalue weighted by molar-refractivity contribution is 0.221. The minimum Gasteiger partial charge on any atom is -0.352 e. The zero-order chi connectivity index (χ0) is 18.2. The molecule has 2 heterocycles. The Morgan fingerprint density at radius 3 is 2.37 bits per heavy atom. The number of likely N-dealkylation sites (tertiary alicyclic amines) is 1. The monoisotopic (exact) mass is 499 g/mol. The van der Waals surface area contributed by atoms with Crippen LogP contribution in [-0.4, -0.2) is 36.0 Å². The summed E-state index contributed by atoms with van der Waals surface area (Å²) >= 11 is 1.67. The maximum Gasteiger partial charge on any atom is 0.191 e. The number of hydrogen-bond donors (Lipinski definition) is 2. The summed E-state index contributed by atoms with van der Waals surface area (Å²) in [7, 11) is 1.80. The number of aryl methyl sites for hydroxylation is 1. The highest BCUT2D eigenvalue weighted by atomic mass is 127. The Kier molecular flexibility index (Phi) is 9.50. The molecule has 2 aromatic rings. The maximum absolute atomic E-state index is 4.30. The van der Waals surface area contributed by atoms with Gasteiger partial charge < -0.3 is 10.6 Å². The van der Waals surface area contributed by atoms with Crippen molar-refractivity contribution in [1.82, 2.24) is 20.5 Å². The SMILES string of the molecule is CN=C(NCc1ccc(CN2CCCCC2)cc1)NCc1scnc1C.I. The van der Waals surface area contributed by atoms with E-state index in [0.29, 0.717) is 0 Å². The second-order valence-electron chi connectivity index (χ2n) is 6.79. The summed E-state index contributed by atoms with van der Waals surface area (Å²) in [5.41, 5.74) is 5.64. The van der Waals surface area contributed by atoms with E-state index in [1.54, 1.807) is 18.4 Å². The molecule has 0 aliphatic carbocycles. The van der Waals surface area contributed by atoms with Gasteiger partial charge in [-0.1, -0.05) is 30.7 Å². The first-order valence-electron chi connectivity index (χ1n) is 9.38. The third-order valence-corrected chi connectivity index (χ3v) is 5.76. The van der Waals surface area contributed by atoms with Crippen molar-refractivity contribution in [2.45, 2.75) is 45.8 Å². The fraction of sp³-hybridized carbons (Fsp3) is 0.500. The number of nitrogens with one attached hydrogen (secondary N) is 2. The Bertz CT molecular complexity index is 707. The smallest absolute Gasteiger partial charge is 0.191 e. The molecule has 2 N–H and O–H groups in total. The van der Waals surface area contributed by atoms with Crippen molar-refractivity contribution in [2.75, 3.05) is 20.1 Å². The van der Waals surface area contributed by atoms with Crippen LogP contribution in [0.15, 0.2) is 34.8 Å². The quantitative estimate of drug-likeness (QED) is 0.360. The minimum atomic E-state index is 0. The van der Waals surface area contributed by atoms with Gasteiger partial charge in [0.1, 0.15) is 0 Å². The molecule has 0 atom stereocenters. The standard InChI is InChI=1S/C20H29N5S.HI/c1-16-19(26-15-24-16)13-23-20(21-2)22-12-17-6-8-18(9-7-17)14-25-10-4-3-5-11-25;/h6-9,15H,3-5,10-14H2,1-2H3,(H2,21,22,23);1H. The number of rotatable bonds is 6. The van der Waals surface area contributed by atoms with E-state index in [9.17, 15) is 0 Å². The van der Waals surface area contributed by atoms with E-state index in [0.717, 1.165) is 31.3 Å². The van der Waals surface area contributed by atoms with Gasteiger partial charge in [0, 0.05) is 25.0 Å². The molecular formula is C20H30IN5S. The molecule has 0 bridgehead atoms. The number of benzene rings is 1. The van der Waals surface area contributed by atoms with Crippen LogP contribution in [0.1, 0.15) is 41.0 Å². The normalized spacial score (nSPS) is 15.3. The molecule has 0 saturated carbocycles. The van der Waals surface area contributed by atoms with E-state index in [1.807, 2.05) is 12.4 Å². The molecule has 1 saturated heterocycles. The van der Waals surface area contributed by atoms with Gasteiger partial charge in [0.05, 0.1) is 17.7 Å². The van der Waals surface area contributed by atoms with Crippen LogP contribution in [0, 0.1) is 6.92 Å². The summed E-state index contributed by atoms with van der Waals surface area (Å²) in [6.45, 7) is 7.12. The Balaban J connectivity index is 0.00000261. The number of piperidine rings is 1. The van der Waals surface area contributed by atoms with Gasteiger partial charge in [-0.05, 0) is 44.0 Å². The highest BCUT2D eigenvalue weighted by Gasteiger charge is 2.10. The molecule has 0 radical (unpaired) electrons. The molecule has 148 valence electrons. The zero-order valence-electron chi connectivity index (χ0n) is 16.2. The van der Waals surface area contributed by atoms with Crippen molar-refractivity contribution in [2.24, 2.45) is 4.99 Å². The predicted octanol–water partition coefficient (Wildman–Crippen LogP) is 3.92. The second kappa shape index (κ2) is 11.6. The van der Waals surface area contributed by atoms with Crippen molar-refractivity contribution in [3.63, 3.8) is 0 Å². The Morgan fingerprint density at radius 2 is 1.74 bits per heavy atom. The minimum absolute atomic E-state index is 0. The van der Waals surface area contributed by atoms with Crippen molar-refractivity contribution in [3.8, 4) is 0 Å². The van der Waals surface area contributed by atoms with Gasteiger partial charge in [0.15, 0.2) is 5.96 Å². The van der Waals surface area contributed by atoms with Crippen molar-refractivity contribution in [1.29, 1.82) is 0 Å². The van der Waals surface area contributed by atoms with Crippen LogP contribution in [0.5, 0.6) is 0 Å². The van der Waals surface area contributed by atoms with Crippen molar-refractivity contribution < 1.29 is 0 Å². The van der Waals surface area contributed by atoms with E-state index < -0.39 is 0 Å². The second-order valence-corrected chi connectivity index (χ2v) is 7.73. The molecule has 0 amide bonds. The van der Waals surface area contributed by atoms with Crippen LogP contribution in [0.25, 0.3) is 0 Å². The zero-order valence-corrected chi connectivity index (χ0v) is 19.3. The summed E-state index contributed by atoms with van der Waals surface area (Å²) in [6.07, 6.45) is 4.07. The summed E-state index contributed by atoms with van der Waals surface area (Å²) in [5.74, 6) is 0.815. The topological polar surface area (TPSA) is 52.6 Å². The first-order chi connectivity index (χ1) is 12.7. The van der Waals surface area contributed by atoms with E-state index in [2.05, 4.69) is 49.8 Å². The number of guanidine groups is 1. The Hall–Kier alpha value is -1.19. The summed E-state index contributed by atoms with van der Waals surface area (Å²) in [6, 6.07) is 8.94. The summed E-state index contributed by atoms with van der Waals surface area (Å²) in [5, 5.41) is 6.73. The lowest BCUT2D eigenvalue weighted by atomic mass is 10.1. The fourth-order valence-electron chi connectivity index (χ4n) is 3.20. The van der Waals surface area contributed by atoms with Crippen LogP contribution < -0.4 is 10.6 Å². The van der Waals surface area contributed by atoms with Crippen LogP contribution >= 0.6 is 35.3 Å². The molecule has 1 aromatic heterocycles. The number of thiazole rings is 1. The Labute approximate surface area is 183 Å². The molecule has 1 aliphatic rings. The van der Waals surface area contributed by atoms with Crippen LogP contribution in [-0.2, 0) is 19.6 Å². The molecule has 1 fully saturated rings. The third kappa shape index (κ3) is 7.04. The molecule has 27 heavy (non-hydrogen) atoms. The van der Waals surface area contributed by atoms with E-state index in [4.69, 9.17) is 0 Å². The number of nitrogens with zero attached hydrogens (tertiary/aromatic N) is 3. The van der Waals surface area contributed by atoms with Gasteiger partial charge in [-0.2, -0.15) is 0 Å². The van der Waals surface area contributed by atoms with Crippen LogP contribution in [0.3, 0.4) is 0 Å². The number of aliphatic imine (C=N–C) groups is 1. The average molecular weight is 499 g/mol. The largest absolute Gasteiger partial charge is 0.352 e. The molecule has 0 spiro atoms. The lowest BCUT2D eigenvalue weighted by Gasteiger charge is -2.26.